The first kappa shape index (κ1) is 19.8. The van der Waals surface area contributed by atoms with Crippen LogP contribution in [0, 0.1) is 6.92 Å². The SMILES string of the molecule is COC(=O)c1sc2ncc(C(=O)/C=C/c3ccc(OC(C)C)cc3)cc2c1C. The first-order valence-electron chi connectivity index (χ1n) is 8.85. The monoisotopic (exact) mass is 395 g/mol. The number of ether oxygens (including phenoxy) is 2. The molecule has 2 aromatic heterocycles. The third kappa shape index (κ3) is 4.28. The summed E-state index contributed by atoms with van der Waals surface area (Å²) in [7, 11) is 1.35. The number of allylic oxidation sites excluding steroid dienone is 1. The molecule has 0 radical (unpaired) electrons. The Balaban J connectivity index is 1.80. The van der Waals surface area contributed by atoms with Gasteiger partial charge in [-0.15, -0.1) is 11.3 Å². The summed E-state index contributed by atoms with van der Waals surface area (Å²) in [5, 5.41) is 0.792. The van der Waals surface area contributed by atoms with Crippen molar-refractivity contribution in [2.24, 2.45) is 0 Å². The second-order valence-corrected chi connectivity index (χ2v) is 7.56. The molecule has 6 heteroatoms. The number of fused-ring (bicyclic) bond motifs is 1. The summed E-state index contributed by atoms with van der Waals surface area (Å²) in [6.07, 6.45) is 4.92. The molecule has 0 saturated heterocycles. The molecule has 3 rings (SSSR count). The van der Waals surface area contributed by atoms with Gasteiger partial charge in [-0.3, -0.25) is 4.79 Å². The van der Waals surface area contributed by atoms with Crippen molar-refractivity contribution in [3.63, 3.8) is 0 Å². The Kier molecular flexibility index (Phi) is 5.90. The van der Waals surface area contributed by atoms with Gasteiger partial charge < -0.3 is 9.47 Å². The van der Waals surface area contributed by atoms with Gasteiger partial charge in [0.1, 0.15) is 15.5 Å². The van der Waals surface area contributed by atoms with Gasteiger partial charge in [0.15, 0.2) is 5.78 Å². The van der Waals surface area contributed by atoms with E-state index in [9.17, 15) is 9.59 Å². The van der Waals surface area contributed by atoms with Crippen LogP contribution in [0.4, 0.5) is 0 Å². The van der Waals surface area contributed by atoms with Crippen molar-refractivity contribution in [2.75, 3.05) is 7.11 Å². The minimum atomic E-state index is -0.391. The normalized spacial score (nSPS) is 11.3. The van der Waals surface area contributed by atoms with Crippen LogP contribution in [0.2, 0.25) is 0 Å². The molecule has 0 atom stereocenters. The van der Waals surface area contributed by atoms with Crippen molar-refractivity contribution in [1.82, 2.24) is 4.98 Å². The lowest BCUT2D eigenvalue weighted by Crippen LogP contribution is -2.05. The van der Waals surface area contributed by atoms with Crippen molar-refractivity contribution < 1.29 is 19.1 Å². The van der Waals surface area contributed by atoms with Gasteiger partial charge in [0, 0.05) is 17.1 Å². The Bertz CT molecular complexity index is 1050. The fourth-order valence-electron chi connectivity index (χ4n) is 2.72. The Hall–Kier alpha value is -2.99. The van der Waals surface area contributed by atoms with Gasteiger partial charge in [-0.2, -0.15) is 0 Å². The molecule has 5 nitrogen and oxygen atoms in total. The fraction of sp³-hybridized carbons (Fsp3) is 0.227. The molecule has 0 bridgehead atoms. The average molecular weight is 395 g/mol. The number of ketones is 1. The van der Waals surface area contributed by atoms with E-state index in [1.807, 2.05) is 45.0 Å². The molecule has 0 spiro atoms. The molecule has 0 aliphatic carbocycles. The van der Waals surface area contributed by atoms with E-state index < -0.39 is 5.97 Å². The van der Waals surface area contributed by atoms with Crippen molar-refractivity contribution in [3.05, 3.63) is 64.2 Å². The third-order valence-corrected chi connectivity index (χ3v) is 5.32. The van der Waals surface area contributed by atoms with Crippen LogP contribution in [0.1, 0.15) is 45.0 Å². The molecule has 0 N–H and O–H groups in total. The summed E-state index contributed by atoms with van der Waals surface area (Å²) in [5.41, 5.74) is 2.15. The van der Waals surface area contributed by atoms with Crippen LogP contribution in [0.5, 0.6) is 5.75 Å². The first-order valence-corrected chi connectivity index (χ1v) is 9.67. The minimum Gasteiger partial charge on any atom is -0.491 e. The lowest BCUT2D eigenvalue weighted by atomic mass is 10.1. The van der Waals surface area contributed by atoms with E-state index >= 15 is 0 Å². The molecule has 0 aliphatic heterocycles. The van der Waals surface area contributed by atoms with E-state index in [0.29, 0.717) is 15.3 Å². The molecule has 0 aliphatic rings. The lowest BCUT2D eigenvalue weighted by molar-refractivity contribution is 0.0605. The number of nitrogens with zero attached hydrogens (tertiary/aromatic N) is 1. The fourth-order valence-corrected chi connectivity index (χ4v) is 3.77. The molecule has 0 amide bonds. The average Bonchev–Trinajstić information content (AvgIpc) is 3.02. The zero-order chi connectivity index (χ0) is 20.3. The molecule has 144 valence electrons. The van der Waals surface area contributed by atoms with Crippen LogP contribution in [0.3, 0.4) is 0 Å². The lowest BCUT2D eigenvalue weighted by Gasteiger charge is -2.09. The highest BCUT2D eigenvalue weighted by Gasteiger charge is 2.17. The molecule has 2 heterocycles. The Morgan fingerprint density at radius 2 is 1.89 bits per heavy atom. The number of rotatable bonds is 6. The van der Waals surface area contributed by atoms with E-state index in [2.05, 4.69) is 4.98 Å². The highest BCUT2D eigenvalue weighted by atomic mass is 32.1. The minimum absolute atomic E-state index is 0.116. The van der Waals surface area contributed by atoms with Gasteiger partial charge >= 0.3 is 5.97 Å². The summed E-state index contributed by atoms with van der Waals surface area (Å²) in [6.45, 7) is 5.78. The number of carbonyl (C=O) groups excluding carboxylic acids is 2. The number of aromatic nitrogens is 1. The third-order valence-electron chi connectivity index (χ3n) is 4.13. The molecular weight excluding hydrogens is 374 g/mol. The number of hydrogen-bond acceptors (Lipinski definition) is 6. The van der Waals surface area contributed by atoms with Crippen LogP contribution < -0.4 is 4.74 Å². The van der Waals surface area contributed by atoms with Gasteiger partial charge in [0.05, 0.1) is 13.2 Å². The Morgan fingerprint density at radius 1 is 1.18 bits per heavy atom. The Morgan fingerprint density at radius 3 is 2.54 bits per heavy atom. The van der Waals surface area contributed by atoms with Gasteiger partial charge in [0.25, 0.3) is 0 Å². The number of carbonyl (C=O) groups is 2. The second kappa shape index (κ2) is 8.35. The maximum Gasteiger partial charge on any atom is 0.348 e. The number of esters is 1. The van der Waals surface area contributed by atoms with Crippen molar-refractivity contribution in [3.8, 4) is 5.75 Å². The van der Waals surface area contributed by atoms with Crippen molar-refractivity contribution in [2.45, 2.75) is 26.9 Å². The molecule has 1 aromatic carbocycles. The van der Waals surface area contributed by atoms with Crippen LogP contribution in [0.15, 0.2) is 42.6 Å². The molecule has 0 unspecified atom stereocenters. The number of methoxy groups -OCH3 is 1. The maximum atomic E-state index is 12.5. The quantitative estimate of drug-likeness (QED) is 0.331. The highest BCUT2D eigenvalue weighted by Crippen LogP contribution is 2.30. The summed E-state index contributed by atoms with van der Waals surface area (Å²) in [5.74, 6) is 0.253. The van der Waals surface area contributed by atoms with Crippen molar-refractivity contribution >= 4 is 39.4 Å². The Labute approximate surface area is 167 Å². The first-order chi connectivity index (χ1) is 13.4. The molecular formula is C22H21NO4S. The van der Waals surface area contributed by atoms with Gasteiger partial charge in [0.2, 0.25) is 0 Å². The smallest absolute Gasteiger partial charge is 0.348 e. The summed E-state index contributed by atoms with van der Waals surface area (Å²) < 4.78 is 10.4. The van der Waals surface area contributed by atoms with Crippen LogP contribution in [-0.2, 0) is 4.74 Å². The van der Waals surface area contributed by atoms with E-state index in [0.717, 1.165) is 22.3 Å². The number of pyridine rings is 1. The number of aryl methyl sites for hydroxylation is 1. The molecule has 0 fully saturated rings. The molecule has 28 heavy (non-hydrogen) atoms. The number of hydrogen-bond donors (Lipinski definition) is 0. The zero-order valence-corrected chi connectivity index (χ0v) is 17.0. The van der Waals surface area contributed by atoms with E-state index in [4.69, 9.17) is 9.47 Å². The van der Waals surface area contributed by atoms with Gasteiger partial charge in [-0.05, 0) is 56.2 Å². The van der Waals surface area contributed by atoms with Crippen LogP contribution in [0.25, 0.3) is 16.3 Å². The number of benzene rings is 1. The predicted molar refractivity (Wildman–Crippen MR) is 111 cm³/mol. The summed E-state index contributed by atoms with van der Waals surface area (Å²) in [4.78, 5) is 29.9. The maximum absolute atomic E-state index is 12.5. The van der Waals surface area contributed by atoms with E-state index in [-0.39, 0.29) is 11.9 Å². The van der Waals surface area contributed by atoms with E-state index in [1.165, 1.54) is 30.7 Å². The van der Waals surface area contributed by atoms with E-state index in [1.54, 1.807) is 12.1 Å². The number of thiophene rings is 1. The molecule has 3 aromatic rings. The summed E-state index contributed by atoms with van der Waals surface area (Å²) in [6, 6.07) is 9.32. The molecule has 0 saturated carbocycles. The largest absolute Gasteiger partial charge is 0.491 e. The standard InChI is InChI=1S/C22H21NO4S/c1-13(2)27-17-8-5-15(6-9-17)7-10-19(24)16-11-18-14(3)20(22(25)26-4)28-21(18)23-12-16/h5-13H,1-4H3/b10-7+. The zero-order valence-electron chi connectivity index (χ0n) is 16.2. The summed E-state index contributed by atoms with van der Waals surface area (Å²) >= 11 is 1.27. The van der Waals surface area contributed by atoms with Crippen LogP contribution >= 0.6 is 11.3 Å². The van der Waals surface area contributed by atoms with Gasteiger partial charge in [-0.1, -0.05) is 18.2 Å². The predicted octanol–water partition coefficient (Wildman–Crippen LogP) is 5.07. The highest BCUT2D eigenvalue weighted by molar-refractivity contribution is 7.20. The topological polar surface area (TPSA) is 65.5 Å². The van der Waals surface area contributed by atoms with Crippen molar-refractivity contribution in [1.29, 1.82) is 0 Å². The van der Waals surface area contributed by atoms with Crippen LogP contribution in [-0.4, -0.2) is 30.0 Å². The second-order valence-electron chi connectivity index (χ2n) is 6.56. The van der Waals surface area contributed by atoms with Gasteiger partial charge in [-0.25, -0.2) is 9.78 Å².